The topological polar surface area (TPSA) is 84.0 Å². The normalized spacial score (nSPS) is 11.4. The number of likely N-dealkylation sites (N-methyl/N-ethyl adjacent to an activating group) is 1. The molecule has 1 aromatic heterocycles. The molecule has 0 aliphatic carbocycles. The zero-order chi connectivity index (χ0) is 20.7. The van der Waals surface area contributed by atoms with Crippen molar-refractivity contribution in [3.05, 3.63) is 52.2 Å². The van der Waals surface area contributed by atoms with Gasteiger partial charge < -0.3 is 9.64 Å². The highest BCUT2D eigenvalue weighted by Gasteiger charge is 2.22. The van der Waals surface area contributed by atoms with Crippen LogP contribution < -0.4 is 0 Å². The van der Waals surface area contributed by atoms with Crippen molar-refractivity contribution in [1.82, 2.24) is 9.21 Å². The molecule has 9 heteroatoms. The third kappa shape index (κ3) is 5.40. The van der Waals surface area contributed by atoms with Crippen molar-refractivity contribution in [2.75, 3.05) is 26.7 Å². The quantitative estimate of drug-likeness (QED) is 0.578. The first-order chi connectivity index (χ1) is 13.3. The van der Waals surface area contributed by atoms with Crippen LogP contribution in [0.15, 0.2) is 46.7 Å². The van der Waals surface area contributed by atoms with Crippen molar-refractivity contribution in [1.29, 1.82) is 0 Å². The SMILES string of the molecule is CCN(CC)S(=O)(=O)c1ccc(C(=O)OCC(=O)N(C)Cc2cccs2)cc1. The lowest BCUT2D eigenvalue weighted by Gasteiger charge is -2.18. The summed E-state index contributed by atoms with van der Waals surface area (Å²) in [6.45, 7) is 4.33. The van der Waals surface area contributed by atoms with Gasteiger partial charge in [0, 0.05) is 25.0 Å². The summed E-state index contributed by atoms with van der Waals surface area (Å²) in [5.74, 6) is -0.993. The zero-order valence-electron chi connectivity index (χ0n) is 16.1. The van der Waals surface area contributed by atoms with Gasteiger partial charge in [0.25, 0.3) is 5.91 Å². The Morgan fingerprint density at radius 2 is 1.71 bits per heavy atom. The van der Waals surface area contributed by atoms with Crippen molar-refractivity contribution >= 4 is 33.2 Å². The number of ether oxygens (including phenoxy) is 1. The van der Waals surface area contributed by atoms with Crippen LogP contribution in [-0.4, -0.2) is 56.2 Å². The minimum Gasteiger partial charge on any atom is -0.452 e. The van der Waals surface area contributed by atoms with Crippen LogP contribution in [0.4, 0.5) is 0 Å². The highest BCUT2D eigenvalue weighted by Crippen LogP contribution is 2.17. The van der Waals surface area contributed by atoms with Gasteiger partial charge in [0.05, 0.1) is 17.0 Å². The van der Waals surface area contributed by atoms with Gasteiger partial charge in [-0.25, -0.2) is 13.2 Å². The third-order valence-electron chi connectivity index (χ3n) is 4.16. The molecule has 2 aromatic rings. The number of thiophene rings is 1. The fraction of sp³-hybridized carbons (Fsp3) is 0.368. The molecule has 0 saturated heterocycles. The summed E-state index contributed by atoms with van der Waals surface area (Å²) in [7, 11) is -1.94. The van der Waals surface area contributed by atoms with Gasteiger partial charge in [-0.3, -0.25) is 4.79 Å². The van der Waals surface area contributed by atoms with Crippen LogP contribution in [0, 0.1) is 0 Å². The first-order valence-electron chi connectivity index (χ1n) is 8.83. The Morgan fingerprint density at radius 3 is 2.25 bits per heavy atom. The Morgan fingerprint density at radius 1 is 1.07 bits per heavy atom. The molecule has 0 aliphatic heterocycles. The molecule has 0 aliphatic rings. The van der Waals surface area contributed by atoms with E-state index in [1.165, 1.54) is 33.5 Å². The fourth-order valence-corrected chi connectivity index (χ4v) is 4.74. The van der Waals surface area contributed by atoms with E-state index in [4.69, 9.17) is 4.74 Å². The third-order valence-corrected chi connectivity index (χ3v) is 7.08. The summed E-state index contributed by atoms with van der Waals surface area (Å²) >= 11 is 1.54. The van der Waals surface area contributed by atoms with Crippen LogP contribution in [0.5, 0.6) is 0 Å². The number of carbonyl (C=O) groups excluding carboxylic acids is 2. The summed E-state index contributed by atoms with van der Waals surface area (Å²) in [6.07, 6.45) is 0. The maximum absolute atomic E-state index is 12.5. The summed E-state index contributed by atoms with van der Waals surface area (Å²) < 4.78 is 31.3. The fourth-order valence-electron chi connectivity index (χ4n) is 2.52. The molecule has 2 rings (SSSR count). The number of hydrogen-bond acceptors (Lipinski definition) is 6. The Balaban J connectivity index is 1.95. The van der Waals surface area contributed by atoms with Gasteiger partial charge in [0.2, 0.25) is 10.0 Å². The Kier molecular flexibility index (Phi) is 7.73. The molecule has 0 radical (unpaired) electrons. The number of amides is 1. The maximum Gasteiger partial charge on any atom is 0.338 e. The van der Waals surface area contributed by atoms with Crippen LogP contribution >= 0.6 is 11.3 Å². The van der Waals surface area contributed by atoms with Gasteiger partial charge in [-0.15, -0.1) is 11.3 Å². The Hall–Kier alpha value is -2.23. The number of hydrogen-bond donors (Lipinski definition) is 0. The first-order valence-corrected chi connectivity index (χ1v) is 11.1. The monoisotopic (exact) mass is 424 g/mol. The number of carbonyl (C=O) groups is 2. The maximum atomic E-state index is 12.5. The Bertz CT molecular complexity index is 889. The molecular weight excluding hydrogens is 400 g/mol. The predicted octanol–water partition coefficient (Wildman–Crippen LogP) is 2.59. The molecule has 1 aromatic carbocycles. The second kappa shape index (κ2) is 9.81. The molecule has 0 unspecified atom stereocenters. The van der Waals surface area contributed by atoms with E-state index < -0.39 is 16.0 Å². The predicted molar refractivity (Wildman–Crippen MR) is 108 cm³/mol. The molecule has 0 fully saturated rings. The lowest BCUT2D eigenvalue weighted by molar-refractivity contribution is -0.133. The molecule has 0 saturated carbocycles. The smallest absolute Gasteiger partial charge is 0.338 e. The molecule has 1 heterocycles. The van der Waals surface area contributed by atoms with Crippen molar-refractivity contribution in [2.45, 2.75) is 25.3 Å². The highest BCUT2D eigenvalue weighted by molar-refractivity contribution is 7.89. The molecule has 7 nitrogen and oxygen atoms in total. The van der Waals surface area contributed by atoms with Crippen LogP contribution in [0.25, 0.3) is 0 Å². The van der Waals surface area contributed by atoms with E-state index in [-0.39, 0.29) is 23.0 Å². The van der Waals surface area contributed by atoms with E-state index in [1.807, 2.05) is 17.5 Å². The van der Waals surface area contributed by atoms with Gasteiger partial charge in [-0.05, 0) is 35.7 Å². The van der Waals surface area contributed by atoms with E-state index >= 15 is 0 Å². The van der Waals surface area contributed by atoms with Crippen molar-refractivity contribution in [3.63, 3.8) is 0 Å². The van der Waals surface area contributed by atoms with E-state index in [0.717, 1.165) is 4.88 Å². The van der Waals surface area contributed by atoms with E-state index in [1.54, 1.807) is 32.2 Å². The van der Waals surface area contributed by atoms with Gasteiger partial charge in [0.1, 0.15) is 0 Å². The number of rotatable bonds is 9. The molecule has 0 spiro atoms. The van der Waals surface area contributed by atoms with Crippen molar-refractivity contribution in [3.8, 4) is 0 Å². The lowest BCUT2D eigenvalue weighted by Crippen LogP contribution is -2.31. The molecule has 0 N–H and O–H groups in total. The minimum atomic E-state index is -3.58. The van der Waals surface area contributed by atoms with Crippen molar-refractivity contribution in [2.24, 2.45) is 0 Å². The molecule has 28 heavy (non-hydrogen) atoms. The van der Waals surface area contributed by atoms with E-state index in [9.17, 15) is 18.0 Å². The van der Waals surface area contributed by atoms with E-state index in [0.29, 0.717) is 19.6 Å². The van der Waals surface area contributed by atoms with Crippen LogP contribution in [-0.2, 0) is 26.1 Å². The van der Waals surface area contributed by atoms with Gasteiger partial charge >= 0.3 is 5.97 Å². The highest BCUT2D eigenvalue weighted by atomic mass is 32.2. The van der Waals surface area contributed by atoms with Crippen molar-refractivity contribution < 1.29 is 22.7 Å². The molecule has 1 amide bonds. The van der Waals surface area contributed by atoms with Crippen LogP contribution in [0.2, 0.25) is 0 Å². The number of benzene rings is 1. The van der Waals surface area contributed by atoms with Crippen LogP contribution in [0.3, 0.4) is 0 Å². The van der Waals surface area contributed by atoms with E-state index in [2.05, 4.69) is 0 Å². The standard InChI is InChI=1S/C19H24N2O5S2/c1-4-21(5-2)28(24,25)17-10-8-15(9-11-17)19(23)26-14-18(22)20(3)13-16-7-6-12-27-16/h6-12H,4-5,13-14H2,1-3H3. The first kappa shape index (κ1) is 22.1. The average molecular weight is 425 g/mol. The second-order valence-corrected chi connectivity index (χ2v) is 8.99. The minimum absolute atomic E-state index is 0.111. The second-order valence-electron chi connectivity index (χ2n) is 6.02. The van der Waals surface area contributed by atoms with Gasteiger partial charge in [-0.2, -0.15) is 4.31 Å². The largest absolute Gasteiger partial charge is 0.452 e. The average Bonchev–Trinajstić information content (AvgIpc) is 3.19. The number of nitrogens with zero attached hydrogens (tertiary/aromatic N) is 2. The molecular formula is C19H24N2O5S2. The number of esters is 1. The zero-order valence-corrected chi connectivity index (χ0v) is 17.8. The summed E-state index contributed by atoms with van der Waals surface area (Å²) in [5.41, 5.74) is 0.187. The van der Waals surface area contributed by atoms with Gasteiger partial charge in [0.15, 0.2) is 6.61 Å². The summed E-state index contributed by atoms with van der Waals surface area (Å²) in [6, 6.07) is 9.35. The molecule has 0 bridgehead atoms. The number of sulfonamides is 1. The van der Waals surface area contributed by atoms with Gasteiger partial charge in [-0.1, -0.05) is 19.9 Å². The molecule has 0 atom stereocenters. The molecule has 152 valence electrons. The summed E-state index contributed by atoms with van der Waals surface area (Å²) in [5, 5.41) is 1.93. The summed E-state index contributed by atoms with van der Waals surface area (Å²) in [4.78, 5) is 26.9. The Labute approximate surface area is 169 Å². The van der Waals surface area contributed by atoms with Crippen LogP contribution in [0.1, 0.15) is 29.1 Å². The lowest BCUT2D eigenvalue weighted by atomic mass is 10.2.